The van der Waals surface area contributed by atoms with Crippen LogP contribution < -0.4 is 0 Å². The van der Waals surface area contributed by atoms with E-state index in [0.717, 1.165) is 63.2 Å². The van der Waals surface area contributed by atoms with Crippen LogP contribution in [-0.4, -0.2) is 62.7 Å². The number of carbonyl (C=O) groups excluding carboxylic acids is 1. The number of unbranched alkanes of at least 4 members (excludes halogenated alkanes) is 5. The molecule has 3 aliphatic heterocycles. The highest BCUT2D eigenvalue weighted by Gasteiger charge is 2.55. The molecular weight excluding hydrogens is 584 g/mol. The van der Waals surface area contributed by atoms with E-state index in [0.29, 0.717) is 39.1 Å². The molecule has 1 aliphatic carbocycles. The summed E-state index contributed by atoms with van der Waals surface area (Å²) in [5.41, 5.74) is 0. The molecule has 0 aromatic rings. The molecule has 0 amide bonds. The third kappa shape index (κ3) is 12.5. The van der Waals surface area contributed by atoms with Gasteiger partial charge in [0, 0.05) is 19.8 Å². The molecule has 4 unspecified atom stereocenters. The first-order valence-electron chi connectivity index (χ1n) is 19.2. The van der Waals surface area contributed by atoms with E-state index in [1.54, 1.807) is 0 Å². The maximum absolute atomic E-state index is 14.2. The molecule has 3 heterocycles. The van der Waals surface area contributed by atoms with Crippen LogP contribution in [0.2, 0.25) is 0 Å². The standard InChI is InChI=1S/C38H66O8/c1-4-5-6-7-8-9-19-31-21-18-22-32(31)20-10-11-23-33(44-34-24-12-15-27-40-34)38(37(39)43-30(2)3,45-35-25-13-16-28-41-35)46-36-26-14-17-29-42-36/h10-11,30-36H,4-9,12-29H2,1-3H3/b11-10-/t31-,32-,33?,34?,35?,36?,38?/m0/s1. The van der Waals surface area contributed by atoms with E-state index in [1.165, 1.54) is 64.2 Å². The Balaban J connectivity index is 1.51. The second-order valence-corrected chi connectivity index (χ2v) is 14.3. The van der Waals surface area contributed by atoms with Crippen LogP contribution in [0.3, 0.4) is 0 Å². The fraction of sp³-hybridized carbons (Fsp3) is 0.921. The van der Waals surface area contributed by atoms with Gasteiger partial charge in [-0.25, -0.2) is 4.79 Å². The van der Waals surface area contributed by atoms with Crippen molar-refractivity contribution in [3.8, 4) is 0 Å². The highest BCUT2D eigenvalue weighted by Crippen LogP contribution is 2.39. The molecular formula is C38H66O8. The summed E-state index contributed by atoms with van der Waals surface area (Å²) < 4.78 is 44.0. The molecule has 6 atom stereocenters. The predicted molar refractivity (Wildman–Crippen MR) is 179 cm³/mol. The molecule has 8 nitrogen and oxygen atoms in total. The summed E-state index contributed by atoms with van der Waals surface area (Å²) in [6.45, 7) is 7.77. The van der Waals surface area contributed by atoms with Gasteiger partial charge in [0.05, 0.1) is 6.10 Å². The number of hydrogen-bond donors (Lipinski definition) is 0. The van der Waals surface area contributed by atoms with Gasteiger partial charge in [-0.05, 0) is 103 Å². The summed E-state index contributed by atoms with van der Waals surface area (Å²) >= 11 is 0. The van der Waals surface area contributed by atoms with Gasteiger partial charge in [0.2, 0.25) is 0 Å². The summed E-state index contributed by atoms with van der Waals surface area (Å²) in [7, 11) is 0. The van der Waals surface area contributed by atoms with Crippen molar-refractivity contribution in [1.29, 1.82) is 0 Å². The molecule has 0 N–H and O–H groups in total. The van der Waals surface area contributed by atoms with Crippen LogP contribution in [0.1, 0.15) is 156 Å². The highest BCUT2D eigenvalue weighted by molar-refractivity contribution is 5.79. The van der Waals surface area contributed by atoms with Gasteiger partial charge in [-0.3, -0.25) is 0 Å². The van der Waals surface area contributed by atoms with Crippen LogP contribution in [0.25, 0.3) is 0 Å². The first-order chi connectivity index (χ1) is 22.5. The highest BCUT2D eigenvalue weighted by atomic mass is 16.8. The zero-order valence-electron chi connectivity index (χ0n) is 29.4. The van der Waals surface area contributed by atoms with Gasteiger partial charge in [-0.15, -0.1) is 0 Å². The maximum Gasteiger partial charge on any atom is 0.370 e. The smallest absolute Gasteiger partial charge is 0.370 e. The third-order valence-corrected chi connectivity index (χ3v) is 10.1. The number of carbonyl (C=O) groups is 1. The largest absolute Gasteiger partial charge is 0.459 e. The maximum atomic E-state index is 14.2. The molecule has 3 saturated heterocycles. The third-order valence-electron chi connectivity index (χ3n) is 10.1. The van der Waals surface area contributed by atoms with Crippen molar-refractivity contribution in [2.75, 3.05) is 19.8 Å². The number of ether oxygens (including phenoxy) is 7. The quantitative estimate of drug-likeness (QED) is 0.0559. The van der Waals surface area contributed by atoms with Crippen LogP contribution in [-0.2, 0) is 38.0 Å². The Morgan fingerprint density at radius 1 is 0.717 bits per heavy atom. The van der Waals surface area contributed by atoms with Crippen LogP contribution >= 0.6 is 0 Å². The molecule has 0 spiro atoms. The molecule has 4 aliphatic rings. The molecule has 0 aromatic carbocycles. The molecule has 46 heavy (non-hydrogen) atoms. The Hall–Kier alpha value is -1.03. The first kappa shape index (κ1) is 37.8. The minimum absolute atomic E-state index is 0.355. The fourth-order valence-electron chi connectivity index (χ4n) is 7.49. The van der Waals surface area contributed by atoms with E-state index < -0.39 is 36.7 Å². The molecule has 0 aromatic heterocycles. The fourth-order valence-corrected chi connectivity index (χ4v) is 7.49. The van der Waals surface area contributed by atoms with E-state index in [-0.39, 0.29) is 6.10 Å². The first-order valence-corrected chi connectivity index (χ1v) is 19.2. The molecule has 0 radical (unpaired) electrons. The Morgan fingerprint density at radius 2 is 1.30 bits per heavy atom. The van der Waals surface area contributed by atoms with Crippen molar-refractivity contribution in [1.82, 2.24) is 0 Å². The summed E-state index contributed by atoms with van der Waals surface area (Å²) in [4.78, 5) is 14.2. The SMILES string of the molecule is CCCCCCCC[C@H]1CCC[C@@H]1C/C=C\CC(OC1CCCCO1)C(OC1CCCCO1)(OC1CCCCO1)C(=O)OC(C)C. The van der Waals surface area contributed by atoms with Gasteiger partial charge in [-0.2, -0.15) is 0 Å². The second kappa shape index (κ2) is 21.1. The number of allylic oxidation sites excluding steroid dienone is 1. The van der Waals surface area contributed by atoms with Crippen LogP contribution in [0, 0.1) is 11.8 Å². The molecule has 4 fully saturated rings. The van der Waals surface area contributed by atoms with Crippen LogP contribution in [0.15, 0.2) is 12.2 Å². The zero-order valence-corrected chi connectivity index (χ0v) is 29.4. The van der Waals surface area contributed by atoms with E-state index in [9.17, 15) is 4.79 Å². The number of rotatable bonds is 20. The summed E-state index contributed by atoms with van der Waals surface area (Å²) in [5.74, 6) is -0.901. The van der Waals surface area contributed by atoms with Gasteiger partial charge in [-0.1, -0.05) is 76.9 Å². The Labute approximate surface area is 279 Å². The van der Waals surface area contributed by atoms with Gasteiger partial charge >= 0.3 is 11.8 Å². The average Bonchev–Trinajstić information content (AvgIpc) is 3.52. The van der Waals surface area contributed by atoms with Crippen LogP contribution in [0.4, 0.5) is 0 Å². The van der Waals surface area contributed by atoms with Crippen molar-refractivity contribution in [3.05, 3.63) is 12.2 Å². The molecule has 1 saturated carbocycles. The molecule has 0 bridgehead atoms. The van der Waals surface area contributed by atoms with Gasteiger partial charge < -0.3 is 33.2 Å². The van der Waals surface area contributed by atoms with E-state index >= 15 is 0 Å². The van der Waals surface area contributed by atoms with Crippen molar-refractivity contribution >= 4 is 5.97 Å². The van der Waals surface area contributed by atoms with Crippen molar-refractivity contribution in [2.45, 2.75) is 192 Å². The normalized spacial score (nSPS) is 29.6. The van der Waals surface area contributed by atoms with Gasteiger partial charge in [0.15, 0.2) is 18.9 Å². The topological polar surface area (TPSA) is 81.7 Å². The average molecular weight is 651 g/mol. The van der Waals surface area contributed by atoms with Crippen molar-refractivity contribution in [2.24, 2.45) is 11.8 Å². The van der Waals surface area contributed by atoms with Gasteiger partial charge in [0.25, 0.3) is 0 Å². The predicted octanol–water partition coefficient (Wildman–Crippen LogP) is 9.14. The van der Waals surface area contributed by atoms with Crippen molar-refractivity contribution < 1.29 is 38.0 Å². The molecule has 4 rings (SSSR count). The lowest BCUT2D eigenvalue weighted by atomic mass is 9.88. The number of esters is 1. The van der Waals surface area contributed by atoms with Gasteiger partial charge in [0.1, 0.15) is 6.10 Å². The lowest BCUT2D eigenvalue weighted by Crippen LogP contribution is -2.61. The lowest BCUT2D eigenvalue weighted by molar-refractivity contribution is -0.387. The minimum atomic E-state index is -1.85. The Kier molecular flexibility index (Phi) is 17.4. The summed E-state index contributed by atoms with van der Waals surface area (Å²) in [6, 6.07) is 0. The van der Waals surface area contributed by atoms with Crippen LogP contribution in [0.5, 0.6) is 0 Å². The molecule has 8 heteroatoms. The van der Waals surface area contributed by atoms with E-state index in [1.807, 2.05) is 13.8 Å². The second-order valence-electron chi connectivity index (χ2n) is 14.3. The van der Waals surface area contributed by atoms with E-state index in [2.05, 4.69) is 19.1 Å². The summed E-state index contributed by atoms with van der Waals surface area (Å²) in [6.07, 6.45) is 24.6. The Morgan fingerprint density at radius 3 is 1.89 bits per heavy atom. The number of hydrogen-bond acceptors (Lipinski definition) is 8. The zero-order chi connectivity index (χ0) is 32.5. The monoisotopic (exact) mass is 650 g/mol. The van der Waals surface area contributed by atoms with Crippen molar-refractivity contribution in [3.63, 3.8) is 0 Å². The summed E-state index contributed by atoms with van der Waals surface area (Å²) in [5, 5.41) is 0. The van der Waals surface area contributed by atoms with E-state index in [4.69, 9.17) is 33.2 Å². The molecule has 266 valence electrons. The Bertz CT molecular complexity index is 824. The minimum Gasteiger partial charge on any atom is -0.459 e. The lowest BCUT2D eigenvalue weighted by Gasteiger charge is -2.43.